The predicted octanol–water partition coefficient (Wildman–Crippen LogP) is 4.95. The maximum Gasteiger partial charge on any atom is 0.510 e. The zero-order chi connectivity index (χ0) is 33.2. The average molecular weight is 652 g/mol. The summed E-state index contributed by atoms with van der Waals surface area (Å²) < 4.78 is 15.4. The van der Waals surface area contributed by atoms with E-state index in [0.29, 0.717) is 12.4 Å². The summed E-state index contributed by atoms with van der Waals surface area (Å²) in [5.41, 5.74) is 3.08. The Labute approximate surface area is 272 Å². The monoisotopic (exact) mass is 651 g/mol. The van der Waals surface area contributed by atoms with Gasteiger partial charge in [0, 0.05) is 12.0 Å². The van der Waals surface area contributed by atoms with E-state index in [4.69, 9.17) is 29.6 Å². The fourth-order valence-electron chi connectivity index (χ4n) is 5.77. The van der Waals surface area contributed by atoms with Gasteiger partial charge in [-0.2, -0.15) is 0 Å². The van der Waals surface area contributed by atoms with Crippen molar-refractivity contribution in [2.24, 2.45) is 4.99 Å². The van der Waals surface area contributed by atoms with Crippen LogP contribution in [0.1, 0.15) is 70.6 Å². The molecule has 3 aromatic rings. The fraction of sp³-hybridized carbons (Fsp3) is 0.500. The van der Waals surface area contributed by atoms with Crippen molar-refractivity contribution in [1.29, 1.82) is 0 Å². The number of hydrogen-bond acceptors (Lipinski definition) is 13. The summed E-state index contributed by atoms with van der Waals surface area (Å²) in [4.78, 5) is 38.1. The lowest BCUT2D eigenvalue weighted by Crippen LogP contribution is -2.40. The molecule has 0 radical (unpaired) electrons. The van der Waals surface area contributed by atoms with Crippen molar-refractivity contribution >= 4 is 17.9 Å². The second-order valence-electron chi connectivity index (χ2n) is 11.5. The van der Waals surface area contributed by atoms with Crippen LogP contribution in [-0.2, 0) is 30.4 Å². The number of nitrogens with zero attached hydrogens (tertiary/aromatic N) is 7. The zero-order valence-electron chi connectivity index (χ0n) is 26.7. The number of benzene rings is 2. The Bertz CT molecular complexity index is 1520. The molecule has 1 aliphatic heterocycles. The third kappa shape index (κ3) is 8.55. The van der Waals surface area contributed by atoms with Crippen molar-refractivity contribution in [3.63, 3.8) is 0 Å². The standard InChI is InChI=1S/C32H41N7O8/c1-3-4-11-28-33-32(16-7-8-17-32)30(40)37(28)22-24-12-14-25(15-13-24)26-9-5-6-10-27(26)29-34-36-38(35-29)23(2)47-31(41)45-20-18-44-19-21-46-39(42)43/h5-6,9-10,12-15,23,42-43H,3-4,7-8,11,16-22H2,1-2H3. The number of amides is 1. The van der Waals surface area contributed by atoms with Crippen molar-refractivity contribution in [3.8, 4) is 22.5 Å². The normalized spacial score (nSPS) is 16.2. The molecule has 1 aromatic heterocycles. The number of aromatic nitrogens is 4. The summed E-state index contributed by atoms with van der Waals surface area (Å²) in [6, 6.07) is 15.8. The van der Waals surface area contributed by atoms with E-state index in [9.17, 15) is 9.59 Å². The topological polar surface area (TPSA) is 174 Å². The summed E-state index contributed by atoms with van der Waals surface area (Å²) >= 11 is 0. The summed E-state index contributed by atoms with van der Waals surface area (Å²) in [5, 5.41) is 29.2. The number of carbonyl (C=O) groups is 2. The van der Waals surface area contributed by atoms with Gasteiger partial charge in [-0.05, 0) is 48.1 Å². The minimum absolute atomic E-state index is 0.0541. The van der Waals surface area contributed by atoms with Gasteiger partial charge in [0.25, 0.3) is 5.91 Å². The van der Waals surface area contributed by atoms with Gasteiger partial charge >= 0.3 is 6.16 Å². The van der Waals surface area contributed by atoms with Crippen molar-refractivity contribution in [3.05, 3.63) is 54.1 Å². The smallest absolute Gasteiger partial charge is 0.432 e. The molecule has 47 heavy (non-hydrogen) atoms. The molecule has 1 spiro atoms. The number of carbonyl (C=O) groups excluding carboxylic acids is 2. The highest BCUT2D eigenvalue weighted by Gasteiger charge is 2.49. The Balaban J connectivity index is 1.19. The fourth-order valence-corrected chi connectivity index (χ4v) is 5.77. The van der Waals surface area contributed by atoms with Crippen LogP contribution in [-0.4, -0.2) is 90.8 Å². The first-order chi connectivity index (χ1) is 22.8. The van der Waals surface area contributed by atoms with E-state index in [1.54, 1.807) is 6.92 Å². The lowest BCUT2D eigenvalue weighted by molar-refractivity contribution is -0.493. The molecule has 2 N–H and O–H groups in total. The van der Waals surface area contributed by atoms with E-state index < -0.39 is 23.3 Å². The molecular weight excluding hydrogens is 610 g/mol. The molecule has 0 bridgehead atoms. The highest BCUT2D eigenvalue weighted by Crippen LogP contribution is 2.40. The van der Waals surface area contributed by atoms with Crippen LogP contribution in [0.4, 0.5) is 4.79 Å². The molecule has 5 rings (SSSR count). The molecule has 15 heteroatoms. The SMILES string of the molecule is CCCCC1=NC2(CCCC2)C(=O)N1Cc1ccc(-c2ccccc2-c2nnn(C(C)OC(=O)OCCOCCON(O)O)n2)cc1. The van der Waals surface area contributed by atoms with Crippen LogP contribution < -0.4 is 0 Å². The molecule has 1 aliphatic carbocycles. The van der Waals surface area contributed by atoms with Gasteiger partial charge in [-0.3, -0.25) is 25.1 Å². The number of rotatable bonds is 16. The summed E-state index contributed by atoms with van der Waals surface area (Å²) in [6.45, 7) is 4.16. The minimum atomic E-state index is -0.939. The average Bonchev–Trinajstić information content (AvgIpc) is 3.81. The molecule has 2 aromatic carbocycles. The molecule has 1 fully saturated rings. The lowest BCUT2D eigenvalue weighted by Gasteiger charge is -2.23. The molecule has 1 atom stereocenters. The van der Waals surface area contributed by atoms with Gasteiger partial charge < -0.3 is 14.2 Å². The molecule has 0 saturated heterocycles. The number of tetrazole rings is 1. The highest BCUT2D eigenvalue weighted by atomic mass is 17.1. The Morgan fingerprint density at radius 2 is 1.74 bits per heavy atom. The highest BCUT2D eigenvalue weighted by molar-refractivity contribution is 6.08. The number of unbranched alkanes of at least 4 members (excludes halogenated alkanes) is 1. The maximum absolute atomic E-state index is 13.5. The van der Waals surface area contributed by atoms with Gasteiger partial charge in [0.2, 0.25) is 12.1 Å². The Kier molecular flexibility index (Phi) is 11.6. The van der Waals surface area contributed by atoms with Crippen molar-refractivity contribution < 1.29 is 39.1 Å². The number of amidine groups is 1. The van der Waals surface area contributed by atoms with E-state index in [0.717, 1.165) is 73.0 Å². The number of aliphatic imine (C=N–C) groups is 1. The first kappa shape index (κ1) is 34.1. The summed E-state index contributed by atoms with van der Waals surface area (Å²) in [6.07, 6.45) is 4.82. The molecule has 1 amide bonds. The van der Waals surface area contributed by atoms with E-state index in [2.05, 4.69) is 27.2 Å². The molecule has 1 unspecified atom stereocenters. The molecule has 252 valence electrons. The number of ether oxygens (including phenoxy) is 3. The van der Waals surface area contributed by atoms with E-state index in [-0.39, 0.29) is 32.3 Å². The van der Waals surface area contributed by atoms with Crippen LogP contribution in [0.25, 0.3) is 22.5 Å². The van der Waals surface area contributed by atoms with Crippen molar-refractivity contribution in [1.82, 2.24) is 30.5 Å². The van der Waals surface area contributed by atoms with Crippen LogP contribution in [0.3, 0.4) is 0 Å². The van der Waals surface area contributed by atoms with Crippen molar-refractivity contribution in [2.75, 3.05) is 26.4 Å². The second-order valence-corrected chi connectivity index (χ2v) is 11.5. The Morgan fingerprint density at radius 3 is 2.47 bits per heavy atom. The van der Waals surface area contributed by atoms with Gasteiger partial charge in [0.15, 0.2) is 0 Å². The third-order valence-corrected chi connectivity index (χ3v) is 8.16. The largest absolute Gasteiger partial charge is 0.510 e. The molecule has 1 saturated carbocycles. The van der Waals surface area contributed by atoms with Gasteiger partial charge in [-0.15, -0.1) is 15.0 Å². The van der Waals surface area contributed by atoms with Gasteiger partial charge in [-0.1, -0.05) is 74.7 Å². The van der Waals surface area contributed by atoms with Crippen LogP contribution in [0, 0.1) is 0 Å². The quantitative estimate of drug-likeness (QED) is 0.121. The molecule has 2 aliphatic rings. The zero-order valence-corrected chi connectivity index (χ0v) is 26.7. The molecule has 15 nitrogen and oxygen atoms in total. The van der Waals surface area contributed by atoms with Crippen molar-refractivity contribution in [2.45, 2.75) is 77.1 Å². The Morgan fingerprint density at radius 1 is 1.02 bits per heavy atom. The number of hydrogen-bond donors (Lipinski definition) is 2. The minimum Gasteiger partial charge on any atom is -0.432 e. The first-order valence-electron chi connectivity index (χ1n) is 15.9. The van der Waals surface area contributed by atoms with Crippen LogP contribution in [0.15, 0.2) is 53.5 Å². The first-order valence-corrected chi connectivity index (χ1v) is 15.9. The summed E-state index contributed by atoms with van der Waals surface area (Å²) in [7, 11) is 0. The Hall–Kier alpha value is -4.28. The van der Waals surface area contributed by atoms with Gasteiger partial charge in [0.1, 0.15) is 18.0 Å². The molecule has 2 heterocycles. The maximum atomic E-state index is 13.5. The third-order valence-electron chi connectivity index (χ3n) is 8.16. The van der Waals surface area contributed by atoms with Gasteiger partial charge in [0.05, 0.1) is 31.8 Å². The van der Waals surface area contributed by atoms with Crippen LogP contribution in [0.2, 0.25) is 0 Å². The molecular formula is C32H41N7O8. The van der Waals surface area contributed by atoms with Crippen LogP contribution in [0.5, 0.6) is 0 Å². The van der Waals surface area contributed by atoms with E-state index in [1.165, 1.54) is 4.80 Å². The van der Waals surface area contributed by atoms with Crippen LogP contribution >= 0.6 is 0 Å². The van der Waals surface area contributed by atoms with E-state index >= 15 is 0 Å². The van der Waals surface area contributed by atoms with E-state index in [1.807, 2.05) is 53.4 Å². The van der Waals surface area contributed by atoms with Gasteiger partial charge in [-0.25, -0.2) is 9.63 Å². The second kappa shape index (κ2) is 16.0. The predicted molar refractivity (Wildman–Crippen MR) is 167 cm³/mol. The lowest BCUT2D eigenvalue weighted by atomic mass is 9.97. The summed E-state index contributed by atoms with van der Waals surface area (Å²) in [5.74, 6) is 1.42.